The second-order valence-electron chi connectivity index (χ2n) is 3.68. The van der Waals surface area contributed by atoms with Crippen LogP contribution in [0.15, 0.2) is 0 Å². The van der Waals surface area contributed by atoms with E-state index >= 15 is 0 Å². The van der Waals surface area contributed by atoms with Gasteiger partial charge in [-0.3, -0.25) is 4.79 Å². The van der Waals surface area contributed by atoms with Crippen molar-refractivity contribution in [2.24, 2.45) is 5.73 Å². The van der Waals surface area contributed by atoms with Gasteiger partial charge in [0.15, 0.2) is 0 Å². The van der Waals surface area contributed by atoms with E-state index in [2.05, 4.69) is 10.1 Å². The summed E-state index contributed by atoms with van der Waals surface area (Å²) in [5.41, 5.74) is 4.57. The number of hydrogen-bond acceptors (Lipinski definition) is 4. The molecule has 0 aliphatic heterocycles. The SMILES string of the molecule is CCC(NC(=O)C(C)(C)N)C(=O)OC. The first-order valence-electron chi connectivity index (χ1n) is 4.50. The molecule has 0 rings (SSSR count). The van der Waals surface area contributed by atoms with E-state index in [4.69, 9.17) is 5.73 Å². The summed E-state index contributed by atoms with van der Waals surface area (Å²) in [7, 11) is 1.28. The fourth-order valence-electron chi connectivity index (χ4n) is 0.814. The zero-order valence-electron chi connectivity index (χ0n) is 9.09. The Morgan fingerprint density at radius 1 is 1.50 bits per heavy atom. The molecule has 0 aromatic carbocycles. The van der Waals surface area contributed by atoms with Crippen LogP contribution in [0.2, 0.25) is 0 Å². The predicted molar refractivity (Wildman–Crippen MR) is 52.5 cm³/mol. The summed E-state index contributed by atoms with van der Waals surface area (Å²) in [5, 5.41) is 2.52. The van der Waals surface area contributed by atoms with Crippen LogP contribution in [0.1, 0.15) is 27.2 Å². The molecule has 0 radical (unpaired) electrons. The van der Waals surface area contributed by atoms with Gasteiger partial charge < -0.3 is 15.8 Å². The first-order chi connectivity index (χ1) is 6.32. The molecule has 0 heterocycles. The highest BCUT2D eigenvalue weighted by molar-refractivity contribution is 5.89. The fourth-order valence-corrected chi connectivity index (χ4v) is 0.814. The van der Waals surface area contributed by atoms with Crippen LogP contribution >= 0.6 is 0 Å². The van der Waals surface area contributed by atoms with Crippen LogP contribution in [-0.4, -0.2) is 30.6 Å². The number of hydrogen-bond donors (Lipinski definition) is 2. The monoisotopic (exact) mass is 202 g/mol. The number of nitrogens with two attached hydrogens (primary N) is 1. The highest BCUT2D eigenvalue weighted by atomic mass is 16.5. The number of ether oxygens (including phenoxy) is 1. The molecule has 82 valence electrons. The third-order valence-electron chi connectivity index (χ3n) is 1.78. The topological polar surface area (TPSA) is 81.4 Å². The first-order valence-corrected chi connectivity index (χ1v) is 4.50. The molecule has 5 nitrogen and oxygen atoms in total. The Labute approximate surface area is 84.0 Å². The van der Waals surface area contributed by atoms with Gasteiger partial charge in [0, 0.05) is 0 Å². The predicted octanol–water partition coefficient (Wildman–Crippen LogP) is -0.208. The van der Waals surface area contributed by atoms with E-state index in [1.54, 1.807) is 20.8 Å². The van der Waals surface area contributed by atoms with Crippen LogP contribution < -0.4 is 11.1 Å². The quantitative estimate of drug-likeness (QED) is 0.618. The van der Waals surface area contributed by atoms with E-state index < -0.39 is 17.6 Å². The number of carbonyl (C=O) groups excluding carboxylic acids is 2. The molecule has 0 aromatic heterocycles. The Morgan fingerprint density at radius 3 is 2.29 bits per heavy atom. The van der Waals surface area contributed by atoms with Crippen molar-refractivity contribution in [3.05, 3.63) is 0 Å². The zero-order chi connectivity index (χ0) is 11.4. The van der Waals surface area contributed by atoms with Crippen LogP contribution in [0.4, 0.5) is 0 Å². The minimum absolute atomic E-state index is 0.366. The van der Waals surface area contributed by atoms with E-state index in [9.17, 15) is 9.59 Å². The van der Waals surface area contributed by atoms with Gasteiger partial charge in [0.25, 0.3) is 0 Å². The van der Waals surface area contributed by atoms with Crippen molar-refractivity contribution in [1.82, 2.24) is 5.32 Å². The Balaban J connectivity index is 4.34. The average molecular weight is 202 g/mol. The molecule has 0 saturated heterocycles. The normalized spacial score (nSPS) is 13.2. The average Bonchev–Trinajstić information content (AvgIpc) is 2.10. The van der Waals surface area contributed by atoms with Crippen LogP contribution in [0.5, 0.6) is 0 Å². The zero-order valence-corrected chi connectivity index (χ0v) is 9.09. The summed E-state index contributed by atoms with van der Waals surface area (Å²) in [6, 6.07) is -0.615. The van der Waals surface area contributed by atoms with Gasteiger partial charge >= 0.3 is 5.97 Å². The van der Waals surface area contributed by atoms with Crippen LogP contribution in [-0.2, 0) is 14.3 Å². The summed E-state index contributed by atoms with van der Waals surface area (Å²) in [4.78, 5) is 22.5. The number of nitrogens with one attached hydrogen (secondary N) is 1. The van der Waals surface area contributed by atoms with Crippen molar-refractivity contribution < 1.29 is 14.3 Å². The molecule has 0 aliphatic carbocycles. The second kappa shape index (κ2) is 4.95. The van der Waals surface area contributed by atoms with E-state index in [0.717, 1.165) is 0 Å². The summed E-state index contributed by atoms with van der Waals surface area (Å²) < 4.78 is 4.52. The lowest BCUT2D eigenvalue weighted by atomic mass is 10.1. The molecular weight excluding hydrogens is 184 g/mol. The Morgan fingerprint density at radius 2 is 2.00 bits per heavy atom. The third-order valence-corrected chi connectivity index (χ3v) is 1.78. The number of esters is 1. The first kappa shape index (κ1) is 12.9. The molecule has 0 spiro atoms. The van der Waals surface area contributed by atoms with E-state index in [1.165, 1.54) is 7.11 Å². The van der Waals surface area contributed by atoms with Gasteiger partial charge in [0.1, 0.15) is 6.04 Å². The molecular formula is C9H18N2O3. The molecule has 0 fully saturated rings. The molecule has 0 bridgehead atoms. The maximum Gasteiger partial charge on any atom is 0.328 e. The third kappa shape index (κ3) is 3.74. The lowest BCUT2D eigenvalue weighted by molar-refractivity contribution is -0.145. The summed E-state index contributed by atoms with van der Waals surface area (Å²) >= 11 is 0. The smallest absolute Gasteiger partial charge is 0.328 e. The molecule has 1 unspecified atom stereocenters. The summed E-state index contributed by atoms with van der Waals surface area (Å²) in [6.07, 6.45) is 0.481. The van der Waals surface area contributed by atoms with Crippen molar-refractivity contribution >= 4 is 11.9 Å². The molecule has 1 amide bonds. The van der Waals surface area contributed by atoms with Crippen LogP contribution in [0.3, 0.4) is 0 Å². The van der Waals surface area contributed by atoms with Gasteiger partial charge in [-0.25, -0.2) is 4.79 Å². The van der Waals surface area contributed by atoms with Gasteiger partial charge in [0.05, 0.1) is 12.6 Å². The Kier molecular flexibility index (Phi) is 4.56. The molecule has 0 aliphatic rings. The minimum Gasteiger partial charge on any atom is -0.467 e. The standard InChI is InChI=1S/C9H18N2O3/c1-5-6(7(12)14-4)11-8(13)9(2,3)10/h6H,5,10H2,1-4H3,(H,11,13). The van der Waals surface area contributed by atoms with Crippen molar-refractivity contribution in [3.63, 3.8) is 0 Å². The maximum atomic E-state index is 11.4. The Hall–Kier alpha value is -1.10. The van der Waals surface area contributed by atoms with Gasteiger partial charge in [-0.2, -0.15) is 0 Å². The van der Waals surface area contributed by atoms with E-state index in [0.29, 0.717) is 6.42 Å². The van der Waals surface area contributed by atoms with Crippen molar-refractivity contribution in [1.29, 1.82) is 0 Å². The highest BCUT2D eigenvalue weighted by Gasteiger charge is 2.27. The molecule has 5 heteroatoms. The lowest BCUT2D eigenvalue weighted by Gasteiger charge is -2.21. The summed E-state index contributed by atoms with van der Waals surface area (Å²) in [6.45, 7) is 4.93. The van der Waals surface area contributed by atoms with Gasteiger partial charge in [-0.15, -0.1) is 0 Å². The fraction of sp³-hybridized carbons (Fsp3) is 0.778. The second-order valence-corrected chi connectivity index (χ2v) is 3.68. The largest absolute Gasteiger partial charge is 0.467 e. The molecule has 3 N–H and O–H groups in total. The number of carbonyl (C=O) groups is 2. The highest BCUT2D eigenvalue weighted by Crippen LogP contribution is 2.00. The van der Waals surface area contributed by atoms with Gasteiger partial charge in [-0.05, 0) is 20.3 Å². The van der Waals surface area contributed by atoms with Crippen LogP contribution in [0.25, 0.3) is 0 Å². The van der Waals surface area contributed by atoms with E-state index in [-0.39, 0.29) is 5.91 Å². The lowest BCUT2D eigenvalue weighted by Crippen LogP contribution is -2.54. The van der Waals surface area contributed by atoms with Crippen molar-refractivity contribution in [2.75, 3.05) is 7.11 Å². The molecule has 0 aromatic rings. The Bertz CT molecular complexity index is 221. The maximum absolute atomic E-state index is 11.4. The van der Waals surface area contributed by atoms with E-state index in [1.807, 2.05) is 0 Å². The molecule has 1 atom stereocenters. The van der Waals surface area contributed by atoms with Gasteiger partial charge in [0.2, 0.25) is 5.91 Å². The number of rotatable bonds is 4. The summed E-state index contributed by atoms with van der Waals surface area (Å²) in [5.74, 6) is -0.820. The van der Waals surface area contributed by atoms with Gasteiger partial charge in [-0.1, -0.05) is 6.92 Å². The van der Waals surface area contributed by atoms with Crippen molar-refractivity contribution in [3.8, 4) is 0 Å². The molecule has 14 heavy (non-hydrogen) atoms. The van der Waals surface area contributed by atoms with Crippen LogP contribution in [0, 0.1) is 0 Å². The minimum atomic E-state index is -0.985. The number of methoxy groups -OCH3 is 1. The molecule has 0 saturated carbocycles. The number of amides is 1. The van der Waals surface area contributed by atoms with Crippen molar-refractivity contribution in [2.45, 2.75) is 38.8 Å².